The van der Waals surface area contributed by atoms with Crippen molar-refractivity contribution in [3.8, 4) is 11.1 Å². The Morgan fingerprint density at radius 3 is 2.36 bits per heavy atom. The first-order valence-electron chi connectivity index (χ1n) is 7.93. The molecule has 3 aromatic rings. The number of nitro benzene ring substituents is 1. The van der Waals surface area contributed by atoms with Gasteiger partial charge in [0, 0.05) is 30.6 Å². The summed E-state index contributed by atoms with van der Waals surface area (Å²) in [5, 5.41) is 17.0. The number of amides is 1. The number of hydrogen-bond acceptors (Lipinski definition) is 4. The molecule has 7 nitrogen and oxygen atoms in total. The van der Waals surface area contributed by atoms with Crippen LogP contribution in [0.2, 0.25) is 0 Å². The van der Waals surface area contributed by atoms with Gasteiger partial charge in [0.25, 0.3) is 11.6 Å². The Hall–Kier alpha value is -3.69. The fourth-order valence-corrected chi connectivity index (χ4v) is 2.74. The lowest BCUT2D eigenvalue weighted by Crippen LogP contribution is -2.18. The number of nitro groups is 1. The van der Waals surface area contributed by atoms with Crippen molar-refractivity contribution in [3.63, 3.8) is 0 Å². The van der Waals surface area contributed by atoms with Crippen molar-refractivity contribution < 1.29 is 22.9 Å². The molecule has 0 unspecified atom stereocenters. The van der Waals surface area contributed by atoms with Gasteiger partial charge in [-0.2, -0.15) is 18.3 Å². The van der Waals surface area contributed by atoms with E-state index in [4.69, 9.17) is 0 Å². The smallest absolute Gasteiger partial charge is 0.321 e. The molecule has 1 heterocycles. The third-order valence-electron chi connectivity index (χ3n) is 3.91. The number of anilines is 1. The van der Waals surface area contributed by atoms with Crippen LogP contribution in [0.3, 0.4) is 0 Å². The maximum atomic E-state index is 13.1. The Bertz CT molecular complexity index is 1060. The SMILES string of the molecule is Cn1cc(C(=O)Nc2ccccc2-c2ccccc2[N+](=O)[O-])c(C(F)(F)F)n1. The second-order valence-electron chi connectivity index (χ2n) is 5.84. The number of carbonyl (C=O) groups excluding carboxylic acids is 1. The third-order valence-corrected chi connectivity index (χ3v) is 3.91. The van der Waals surface area contributed by atoms with Gasteiger partial charge < -0.3 is 5.32 Å². The first kappa shape index (κ1) is 19.1. The number of aryl methyl sites for hydroxylation is 1. The second-order valence-corrected chi connectivity index (χ2v) is 5.84. The van der Waals surface area contributed by atoms with Crippen LogP contribution in [0.5, 0.6) is 0 Å². The topological polar surface area (TPSA) is 90.1 Å². The van der Waals surface area contributed by atoms with Crippen LogP contribution < -0.4 is 5.32 Å². The maximum Gasteiger partial charge on any atom is 0.435 e. The number of benzene rings is 2. The Balaban J connectivity index is 2.03. The van der Waals surface area contributed by atoms with E-state index in [1.807, 2.05) is 0 Å². The molecule has 0 saturated carbocycles. The Morgan fingerprint density at radius 2 is 1.71 bits per heavy atom. The summed E-state index contributed by atoms with van der Waals surface area (Å²) in [5.74, 6) is -1.02. The lowest BCUT2D eigenvalue weighted by atomic mass is 10.0. The summed E-state index contributed by atoms with van der Waals surface area (Å²) in [7, 11) is 1.27. The molecule has 1 N–H and O–H groups in total. The van der Waals surface area contributed by atoms with E-state index in [2.05, 4.69) is 10.4 Å². The van der Waals surface area contributed by atoms with Crippen molar-refractivity contribution in [2.75, 3.05) is 5.32 Å². The Morgan fingerprint density at radius 1 is 1.11 bits per heavy atom. The molecule has 0 bridgehead atoms. The summed E-state index contributed by atoms with van der Waals surface area (Å²) in [6.07, 6.45) is -3.84. The van der Waals surface area contributed by atoms with E-state index >= 15 is 0 Å². The number of aromatic nitrogens is 2. The number of rotatable bonds is 4. The number of halogens is 3. The van der Waals surface area contributed by atoms with Gasteiger partial charge in [-0.1, -0.05) is 30.3 Å². The molecule has 144 valence electrons. The fraction of sp³-hybridized carbons (Fsp3) is 0.111. The first-order chi connectivity index (χ1) is 13.2. The number of nitrogens with zero attached hydrogens (tertiary/aromatic N) is 3. The van der Waals surface area contributed by atoms with E-state index in [-0.39, 0.29) is 16.9 Å². The first-order valence-corrected chi connectivity index (χ1v) is 7.93. The van der Waals surface area contributed by atoms with E-state index < -0.39 is 28.3 Å². The van der Waals surface area contributed by atoms with Crippen molar-refractivity contribution in [2.45, 2.75) is 6.18 Å². The van der Waals surface area contributed by atoms with E-state index in [0.29, 0.717) is 5.56 Å². The molecular formula is C18H13F3N4O3. The fourth-order valence-electron chi connectivity index (χ4n) is 2.74. The van der Waals surface area contributed by atoms with Gasteiger partial charge in [-0.05, 0) is 12.1 Å². The van der Waals surface area contributed by atoms with E-state index in [1.165, 1.54) is 37.4 Å². The van der Waals surface area contributed by atoms with Crippen LogP contribution in [0.25, 0.3) is 11.1 Å². The molecule has 28 heavy (non-hydrogen) atoms. The molecule has 0 atom stereocenters. The summed E-state index contributed by atoms with van der Waals surface area (Å²) >= 11 is 0. The zero-order valence-electron chi connectivity index (χ0n) is 14.4. The van der Waals surface area contributed by atoms with Gasteiger partial charge in [0.05, 0.1) is 16.1 Å². The molecule has 0 aliphatic carbocycles. The van der Waals surface area contributed by atoms with Crippen molar-refractivity contribution in [3.05, 3.63) is 76.1 Å². The number of nitrogens with one attached hydrogen (secondary N) is 1. The van der Waals surface area contributed by atoms with Crippen LogP contribution in [0.1, 0.15) is 16.1 Å². The minimum Gasteiger partial charge on any atom is -0.321 e. The van der Waals surface area contributed by atoms with Gasteiger partial charge in [-0.15, -0.1) is 0 Å². The van der Waals surface area contributed by atoms with Crippen LogP contribution in [0.15, 0.2) is 54.7 Å². The minimum atomic E-state index is -4.80. The molecular weight excluding hydrogens is 377 g/mol. The van der Waals surface area contributed by atoms with Gasteiger partial charge in [0.1, 0.15) is 0 Å². The molecule has 3 rings (SSSR count). The summed E-state index contributed by atoms with van der Waals surface area (Å²) in [4.78, 5) is 23.2. The predicted molar refractivity (Wildman–Crippen MR) is 94.7 cm³/mol. The van der Waals surface area contributed by atoms with Crippen LogP contribution in [-0.4, -0.2) is 20.6 Å². The van der Waals surface area contributed by atoms with Gasteiger partial charge in [-0.25, -0.2) is 0 Å². The average molecular weight is 390 g/mol. The average Bonchev–Trinajstić information content (AvgIpc) is 3.04. The number of hydrogen-bond donors (Lipinski definition) is 1. The summed E-state index contributed by atoms with van der Waals surface area (Å²) in [5.41, 5.74) is -1.48. The zero-order valence-corrected chi connectivity index (χ0v) is 14.4. The maximum absolute atomic E-state index is 13.1. The molecule has 10 heteroatoms. The third kappa shape index (κ3) is 3.70. The van der Waals surface area contributed by atoms with Gasteiger partial charge >= 0.3 is 6.18 Å². The van der Waals surface area contributed by atoms with Crippen molar-refractivity contribution in [2.24, 2.45) is 7.05 Å². The van der Waals surface area contributed by atoms with Crippen molar-refractivity contribution >= 4 is 17.3 Å². The highest BCUT2D eigenvalue weighted by Crippen LogP contribution is 2.35. The van der Waals surface area contributed by atoms with Crippen molar-refractivity contribution in [1.29, 1.82) is 0 Å². The summed E-state index contributed by atoms with van der Waals surface area (Å²) in [6, 6.07) is 12.0. The number of para-hydroxylation sites is 2. The van der Waals surface area contributed by atoms with Crippen molar-refractivity contribution in [1.82, 2.24) is 9.78 Å². The Labute approximate surface area is 156 Å². The highest BCUT2D eigenvalue weighted by molar-refractivity contribution is 6.07. The predicted octanol–water partition coefficient (Wildman–Crippen LogP) is 4.27. The quantitative estimate of drug-likeness (QED) is 0.532. The standard InChI is InChI=1S/C18H13F3N4O3/c1-24-10-13(16(23-24)18(19,20)21)17(26)22-14-8-4-2-6-11(14)12-7-3-5-9-15(12)25(27)28/h2-10H,1H3,(H,22,26). The monoisotopic (exact) mass is 390 g/mol. The lowest BCUT2D eigenvalue weighted by Gasteiger charge is -2.12. The number of alkyl halides is 3. The molecule has 1 aromatic heterocycles. The lowest BCUT2D eigenvalue weighted by molar-refractivity contribution is -0.384. The summed E-state index contributed by atoms with van der Waals surface area (Å²) in [6.45, 7) is 0. The van der Waals surface area contributed by atoms with Gasteiger partial charge in [0.2, 0.25) is 0 Å². The van der Waals surface area contributed by atoms with Crippen LogP contribution in [-0.2, 0) is 13.2 Å². The highest BCUT2D eigenvalue weighted by atomic mass is 19.4. The van der Waals surface area contributed by atoms with Crippen LogP contribution in [0.4, 0.5) is 24.5 Å². The number of carbonyl (C=O) groups is 1. The van der Waals surface area contributed by atoms with Gasteiger partial charge in [-0.3, -0.25) is 19.6 Å². The highest BCUT2D eigenvalue weighted by Gasteiger charge is 2.39. The molecule has 0 spiro atoms. The Kier molecular flexibility index (Phi) is 4.87. The van der Waals surface area contributed by atoms with E-state index in [9.17, 15) is 28.1 Å². The minimum absolute atomic E-state index is 0.138. The molecule has 2 aromatic carbocycles. The molecule has 0 radical (unpaired) electrons. The van der Waals surface area contributed by atoms with Crippen LogP contribution >= 0.6 is 0 Å². The largest absolute Gasteiger partial charge is 0.435 e. The van der Waals surface area contributed by atoms with E-state index in [1.54, 1.807) is 18.2 Å². The second kappa shape index (κ2) is 7.14. The van der Waals surface area contributed by atoms with Gasteiger partial charge in [0.15, 0.2) is 5.69 Å². The molecule has 0 fully saturated rings. The molecule has 0 aliphatic heterocycles. The summed E-state index contributed by atoms with van der Waals surface area (Å²) < 4.78 is 40.2. The molecule has 1 amide bonds. The zero-order chi connectivity index (χ0) is 20.5. The van der Waals surface area contributed by atoms with E-state index in [0.717, 1.165) is 10.9 Å². The molecule has 0 saturated heterocycles. The normalized spacial score (nSPS) is 11.3. The molecule has 0 aliphatic rings. The van der Waals surface area contributed by atoms with Crippen LogP contribution in [0, 0.1) is 10.1 Å².